The monoisotopic (exact) mass is 1150 g/mol. The SMILES string of the molecule is CCCCCCCCCCCCCCCCCCC/C=C/C(O)C(CO)NC(=O)CCCCCCCCCCCCCCCCC/C=C\C/C=C\CCCCCCCCCCCOC(=O)CCCCCCCCCCCCCCCCC. The van der Waals surface area contributed by atoms with Gasteiger partial charge in [-0.1, -0.05) is 371 Å². The van der Waals surface area contributed by atoms with Crippen LogP contribution in [0.5, 0.6) is 0 Å². The Labute approximate surface area is 513 Å². The Morgan fingerprint density at radius 1 is 0.341 bits per heavy atom. The zero-order valence-electron chi connectivity index (χ0n) is 55.5. The van der Waals surface area contributed by atoms with E-state index in [1.54, 1.807) is 6.08 Å². The molecule has 0 aliphatic rings. The predicted octanol–water partition coefficient (Wildman–Crippen LogP) is 24.3. The van der Waals surface area contributed by atoms with Crippen LogP contribution in [0.15, 0.2) is 36.5 Å². The number of ether oxygens (including phenoxy) is 1. The molecular weight excluding hydrogens is 1010 g/mol. The van der Waals surface area contributed by atoms with Crippen molar-refractivity contribution >= 4 is 11.9 Å². The van der Waals surface area contributed by atoms with Crippen molar-refractivity contribution in [2.75, 3.05) is 13.2 Å². The zero-order valence-corrected chi connectivity index (χ0v) is 55.5. The summed E-state index contributed by atoms with van der Waals surface area (Å²) in [5, 5.41) is 23.2. The number of aliphatic hydroxyl groups excluding tert-OH is 2. The van der Waals surface area contributed by atoms with Crippen molar-refractivity contribution < 1.29 is 24.5 Å². The molecule has 3 N–H and O–H groups in total. The van der Waals surface area contributed by atoms with Crippen LogP contribution in [0.3, 0.4) is 0 Å². The van der Waals surface area contributed by atoms with Crippen molar-refractivity contribution in [3.63, 3.8) is 0 Å². The molecule has 0 aromatic rings. The highest BCUT2D eigenvalue weighted by molar-refractivity contribution is 5.76. The Bertz CT molecular complexity index is 1330. The number of rotatable bonds is 70. The number of esters is 1. The van der Waals surface area contributed by atoms with Gasteiger partial charge in [0, 0.05) is 12.8 Å². The van der Waals surface area contributed by atoms with E-state index < -0.39 is 12.1 Å². The normalized spacial score (nSPS) is 12.7. The van der Waals surface area contributed by atoms with Crippen LogP contribution in [0.4, 0.5) is 0 Å². The fraction of sp³-hybridized carbons (Fsp3) is 0.895. The number of amides is 1. The highest BCUT2D eigenvalue weighted by Gasteiger charge is 2.18. The third kappa shape index (κ3) is 67.2. The first kappa shape index (κ1) is 80.1. The summed E-state index contributed by atoms with van der Waals surface area (Å²) >= 11 is 0. The number of unbranched alkanes of at least 4 members (excludes halogenated alkanes) is 55. The van der Waals surface area contributed by atoms with Gasteiger partial charge >= 0.3 is 5.97 Å². The number of hydrogen-bond acceptors (Lipinski definition) is 5. The molecule has 82 heavy (non-hydrogen) atoms. The van der Waals surface area contributed by atoms with E-state index in [9.17, 15) is 19.8 Å². The average Bonchev–Trinajstić information content (AvgIpc) is 3.48. The summed E-state index contributed by atoms with van der Waals surface area (Å²) in [6, 6.07) is -0.628. The Hall–Kier alpha value is -1.92. The van der Waals surface area contributed by atoms with Crippen molar-refractivity contribution in [1.82, 2.24) is 5.32 Å². The quantitative estimate of drug-likeness (QED) is 0.0320. The van der Waals surface area contributed by atoms with Gasteiger partial charge in [0.25, 0.3) is 0 Å². The third-order valence-electron chi connectivity index (χ3n) is 17.4. The van der Waals surface area contributed by atoms with E-state index in [0.717, 1.165) is 44.9 Å². The molecule has 0 saturated heterocycles. The molecule has 0 aliphatic carbocycles. The van der Waals surface area contributed by atoms with Crippen LogP contribution in [0, 0.1) is 0 Å². The zero-order chi connectivity index (χ0) is 59.2. The maximum absolute atomic E-state index is 12.5. The highest BCUT2D eigenvalue weighted by atomic mass is 16.5. The van der Waals surface area contributed by atoms with Crippen molar-refractivity contribution in [3.05, 3.63) is 36.5 Å². The molecule has 0 bridgehead atoms. The number of hydrogen-bond donors (Lipinski definition) is 3. The second kappa shape index (κ2) is 71.6. The lowest BCUT2D eigenvalue weighted by Crippen LogP contribution is -2.45. The molecule has 0 fully saturated rings. The molecular formula is C76H145NO5. The summed E-state index contributed by atoms with van der Waals surface area (Å²) in [6.45, 7) is 4.94. The molecule has 6 heteroatoms. The van der Waals surface area contributed by atoms with Crippen molar-refractivity contribution in [3.8, 4) is 0 Å². The van der Waals surface area contributed by atoms with E-state index >= 15 is 0 Å². The largest absolute Gasteiger partial charge is 0.466 e. The van der Waals surface area contributed by atoms with E-state index in [0.29, 0.717) is 19.4 Å². The van der Waals surface area contributed by atoms with Gasteiger partial charge < -0.3 is 20.3 Å². The summed E-state index contributed by atoms with van der Waals surface area (Å²) in [5.41, 5.74) is 0. The fourth-order valence-corrected chi connectivity index (χ4v) is 11.7. The molecule has 484 valence electrons. The summed E-state index contributed by atoms with van der Waals surface area (Å²) in [4.78, 5) is 24.6. The number of allylic oxidation sites excluding steroid dienone is 5. The summed E-state index contributed by atoms with van der Waals surface area (Å²) < 4.78 is 5.50. The van der Waals surface area contributed by atoms with E-state index in [-0.39, 0.29) is 18.5 Å². The van der Waals surface area contributed by atoms with Crippen LogP contribution in [-0.4, -0.2) is 47.4 Å². The van der Waals surface area contributed by atoms with Gasteiger partial charge in [-0.3, -0.25) is 9.59 Å². The molecule has 0 radical (unpaired) electrons. The first-order valence-electron chi connectivity index (χ1n) is 37.3. The van der Waals surface area contributed by atoms with Gasteiger partial charge in [0.05, 0.1) is 25.4 Å². The summed E-state index contributed by atoms with van der Waals surface area (Å²) in [6.07, 6.45) is 92.4. The molecule has 2 atom stereocenters. The van der Waals surface area contributed by atoms with E-state index in [4.69, 9.17) is 4.74 Å². The number of carbonyl (C=O) groups excluding carboxylic acids is 2. The first-order valence-corrected chi connectivity index (χ1v) is 37.3. The van der Waals surface area contributed by atoms with Crippen molar-refractivity contribution in [1.29, 1.82) is 0 Å². The summed E-state index contributed by atoms with van der Waals surface area (Å²) in [5.74, 6) is -0.0474. The predicted molar refractivity (Wildman–Crippen MR) is 361 cm³/mol. The van der Waals surface area contributed by atoms with Crippen LogP contribution in [0.25, 0.3) is 0 Å². The minimum absolute atomic E-state index is 0.0164. The van der Waals surface area contributed by atoms with Crippen LogP contribution in [0.2, 0.25) is 0 Å². The van der Waals surface area contributed by atoms with Gasteiger partial charge in [-0.15, -0.1) is 0 Å². The Morgan fingerprint density at radius 3 is 0.927 bits per heavy atom. The van der Waals surface area contributed by atoms with E-state index in [1.807, 2.05) is 6.08 Å². The minimum Gasteiger partial charge on any atom is -0.466 e. The lowest BCUT2D eigenvalue weighted by atomic mass is 10.0. The number of nitrogens with one attached hydrogen (secondary N) is 1. The molecule has 2 unspecified atom stereocenters. The van der Waals surface area contributed by atoms with Gasteiger partial charge in [-0.05, 0) is 64.2 Å². The molecule has 0 saturated carbocycles. The van der Waals surface area contributed by atoms with Gasteiger partial charge in [0.1, 0.15) is 0 Å². The number of carbonyl (C=O) groups is 2. The van der Waals surface area contributed by atoms with Crippen LogP contribution in [-0.2, 0) is 14.3 Å². The maximum atomic E-state index is 12.5. The first-order chi connectivity index (χ1) is 40.5. The van der Waals surface area contributed by atoms with E-state index in [2.05, 4.69) is 43.5 Å². The van der Waals surface area contributed by atoms with Gasteiger partial charge in [0.2, 0.25) is 5.91 Å². The fourth-order valence-electron chi connectivity index (χ4n) is 11.7. The molecule has 0 aliphatic heterocycles. The lowest BCUT2D eigenvalue weighted by molar-refractivity contribution is -0.143. The topological polar surface area (TPSA) is 95.9 Å². The van der Waals surface area contributed by atoms with Crippen LogP contribution in [0.1, 0.15) is 412 Å². The Morgan fingerprint density at radius 2 is 0.610 bits per heavy atom. The maximum Gasteiger partial charge on any atom is 0.305 e. The Balaban J connectivity index is 3.40. The average molecular weight is 1150 g/mol. The number of aliphatic hydroxyl groups is 2. The van der Waals surface area contributed by atoms with Crippen molar-refractivity contribution in [2.24, 2.45) is 0 Å². The summed E-state index contributed by atoms with van der Waals surface area (Å²) in [7, 11) is 0. The molecule has 0 aromatic heterocycles. The molecule has 0 aromatic carbocycles. The molecule has 0 heterocycles. The lowest BCUT2D eigenvalue weighted by Gasteiger charge is -2.20. The van der Waals surface area contributed by atoms with E-state index in [1.165, 1.54) is 340 Å². The molecule has 0 rings (SSSR count). The van der Waals surface area contributed by atoms with Crippen molar-refractivity contribution in [2.45, 2.75) is 424 Å². The molecule has 1 amide bonds. The molecule has 0 spiro atoms. The van der Waals surface area contributed by atoms with Gasteiger partial charge in [0.15, 0.2) is 0 Å². The second-order valence-corrected chi connectivity index (χ2v) is 25.6. The van der Waals surface area contributed by atoms with Crippen LogP contribution >= 0.6 is 0 Å². The van der Waals surface area contributed by atoms with Crippen LogP contribution < -0.4 is 5.32 Å². The second-order valence-electron chi connectivity index (χ2n) is 25.6. The smallest absolute Gasteiger partial charge is 0.305 e. The highest BCUT2D eigenvalue weighted by Crippen LogP contribution is 2.19. The Kier molecular flexibility index (Phi) is 69.9. The standard InChI is InChI=1S/C76H145NO5/c1-3-5-7-9-11-13-15-17-19-20-34-37-41-44-48-52-56-60-64-68-74(79)73(72-78)77-75(80)69-65-61-57-53-49-45-42-38-35-32-30-28-26-24-22-21-23-25-27-29-31-33-36-39-43-47-51-55-59-63-67-71-82-76(81)70-66-62-58-54-50-46-40-18-16-14-12-10-8-6-4-2/h23,25,29,31,64,68,73-74,78-79H,3-22,24,26-28,30,32-63,65-67,69-72H2,1-2H3,(H,77,80)/b25-23-,31-29-,68-64+. The minimum atomic E-state index is -0.845. The molecule has 6 nitrogen and oxygen atoms in total. The van der Waals surface area contributed by atoms with Gasteiger partial charge in [-0.2, -0.15) is 0 Å². The van der Waals surface area contributed by atoms with Gasteiger partial charge in [-0.25, -0.2) is 0 Å². The third-order valence-corrected chi connectivity index (χ3v) is 17.4.